The van der Waals surface area contributed by atoms with E-state index in [-0.39, 0.29) is 24.3 Å². The number of rotatable bonds is 8. The molecule has 0 spiro atoms. The maximum Gasteiger partial charge on any atom is 0.261 e. The average molecular weight is 380 g/mol. The van der Waals surface area contributed by atoms with E-state index in [0.717, 1.165) is 17.7 Å². The SMILES string of the molecule is COc1ccc(CCN(C)C(=O)CCCN2C(=O)c3ccccc3C2=O)cc1. The summed E-state index contributed by atoms with van der Waals surface area (Å²) in [6.07, 6.45) is 1.51. The van der Waals surface area contributed by atoms with Crippen molar-refractivity contribution in [1.82, 2.24) is 9.80 Å². The zero-order chi connectivity index (χ0) is 20.1. The average Bonchev–Trinajstić information content (AvgIpc) is 2.97. The maximum absolute atomic E-state index is 12.3. The lowest BCUT2D eigenvalue weighted by Crippen LogP contribution is -2.33. The molecule has 0 saturated carbocycles. The number of carbonyl (C=O) groups is 3. The molecule has 28 heavy (non-hydrogen) atoms. The fourth-order valence-electron chi connectivity index (χ4n) is 3.24. The van der Waals surface area contributed by atoms with Gasteiger partial charge in [0.05, 0.1) is 18.2 Å². The van der Waals surface area contributed by atoms with Crippen LogP contribution in [0.25, 0.3) is 0 Å². The minimum atomic E-state index is -0.277. The van der Waals surface area contributed by atoms with Crippen molar-refractivity contribution >= 4 is 17.7 Å². The Kier molecular flexibility index (Phi) is 6.09. The van der Waals surface area contributed by atoms with Gasteiger partial charge in [0.25, 0.3) is 11.8 Å². The van der Waals surface area contributed by atoms with E-state index < -0.39 is 0 Å². The normalized spacial score (nSPS) is 12.9. The predicted octanol–water partition coefficient (Wildman–Crippen LogP) is 2.77. The summed E-state index contributed by atoms with van der Waals surface area (Å²) in [5, 5.41) is 0. The molecule has 2 aromatic rings. The van der Waals surface area contributed by atoms with Crippen molar-refractivity contribution in [3.63, 3.8) is 0 Å². The number of methoxy groups -OCH3 is 1. The van der Waals surface area contributed by atoms with E-state index in [1.54, 1.807) is 43.3 Å². The van der Waals surface area contributed by atoms with Gasteiger partial charge < -0.3 is 9.64 Å². The van der Waals surface area contributed by atoms with Crippen LogP contribution in [-0.2, 0) is 11.2 Å². The van der Waals surface area contributed by atoms with Crippen molar-refractivity contribution < 1.29 is 19.1 Å². The van der Waals surface area contributed by atoms with Crippen LogP contribution in [0, 0.1) is 0 Å². The Labute approximate surface area is 164 Å². The van der Waals surface area contributed by atoms with Gasteiger partial charge in [0.1, 0.15) is 5.75 Å². The molecule has 0 aliphatic carbocycles. The third-order valence-electron chi connectivity index (χ3n) is 4.97. The molecule has 1 aliphatic rings. The Bertz CT molecular complexity index is 841. The monoisotopic (exact) mass is 380 g/mol. The number of benzene rings is 2. The van der Waals surface area contributed by atoms with Gasteiger partial charge in [-0.1, -0.05) is 24.3 Å². The minimum absolute atomic E-state index is 0.00474. The van der Waals surface area contributed by atoms with Gasteiger partial charge in [0, 0.05) is 26.6 Å². The van der Waals surface area contributed by atoms with E-state index in [9.17, 15) is 14.4 Å². The molecule has 0 radical (unpaired) electrons. The van der Waals surface area contributed by atoms with Crippen LogP contribution >= 0.6 is 0 Å². The molecule has 6 heteroatoms. The molecule has 146 valence electrons. The van der Waals surface area contributed by atoms with Crippen molar-refractivity contribution in [2.75, 3.05) is 27.2 Å². The number of ether oxygens (including phenoxy) is 1. The van der Waals surface area contributed by atoms with Crippen LogP contribution < -0.4 is 4.74 Å². The summed E-state index contributed by atoms with van der Waals surface area (Å²) >= 11 is 0. The molecule has 3 rings (SSSR count). The Morgan fingerprint density at radius 2 is 1.61 bits per heavy atom. The van der Waals surface area contributed by atoms with Crippen molar-refractivity contribution in [3.05, 3.63) is 65.2 Å². The lowest BCUT2D eigenvalue weighted by Gasteiger charge is -2.18. The van der Waals surface area contributed by atoms with E-state index >= 15 is 0 Å². The number of fused-ring (bicyclic) bond motifs is 1. The van der Waals surface area contributed by atoms with Gasteiger partial charge in [0.2, 0.25) is 5.91 Å². The number of carbonyl (C=O) groups excluding carboxylic acids is 3. The Balaban J connectivity index is 1.44. The lowest BCUT2D eigenvalue weighted by atomic mass is 10.1. The molecule has 0 bridgehead atoms. The van der Waals surface area contributed by atoms with Gasteiger partial charge in [-0.25, -0.2) is 0 Å². The molecule has 3 amide bonds. The number of hydrogen-bond donors (Lipinski definition) is 0. The topological polar surface area (TPSA) is 66.9 Å². The first kappa shape index (κ1) is 19.6. The summed E-state index contributed by atoms with van der Waals surface area (Å²) in [5.74, 6) is 0.258. The van der Waals surface area contributed by atoms with Gasteiger partial charge in [-0.05, 0) is 42.7 Å². The Hall–Kier alpha value is -3.15. The van der Waals surface area contributed by atoms with E-state index in [2.05, 4.69) is 0 Å². The second-order valence-electron chi connectivity index (χ2n) is 6.82. The van der Waals surface area contributed by atoms with Crippen LogP contribution in [0.4, 0.5) is 0 Å². The van der Waals surface area contributed by atoms with Crippen LogP contribution in [-0.4, -0.2) is 54.8 Å². The van der Waals surface area contributed by atoms with Gasteiger partial charge in [-0.3, -0.25) is 19.3 Å². The zero-order valence-corrected chi connectivity index (χ0v) is 16.2. The summed E-state index contributed by atoms with van der Waals surface area (Å²) < 4.78 is 5.14. The highest BCUT2D eigenvalue weighted by Crippen LogP contribution is 2.22. The summed E-state index contributed by atoms with van der Waals surface area (Å²) in [4.78, 5) is 39.9. The fourth-order valence-corrected chi connectivity index (χ4v) is 3.24. The van der Waals surface area contributed by atoms with Crippen molar-refractivity contribution in [3.8, 4) is 5.75 Å². The first-order valence-corrected chi connectivity index (χ1v) is 9.33. The summed E-state index contributed by atoms with van der Waals surface area (Å²) in [6.45, 7) is 0.864. The highest BCUT2D eigenvalue weighted by molar-refractivity contribution is 6.21. The van der Waals surface area contributed by atoms with E-state index in [1.165, 1.54) is 4.90 Å². The second-order valence-corrected chi connectivity index (χ2v) is 6.82. The Morgan fingerprint density at radius 3 is 2.18 bits per heavy atom. The number of nitrogens with zero attached hydrogens (tertiary/aromatic N) is 2. The molecule has 2 aromatic carbocycles. The molecule has 0 aromatic heterocycles. The van der Waals surface area contributed by atoms with Crippen LogP contribution in [0.5, 0.6) is 5.75 Å². The van der Waals surface area contributed by atoms with Gasteiger partial charge in [0.15, 0.2) is 0 Å². The van der Waals surface area contributed by atoms with Crippen LogP contribution in [0.1, 0.15) is 39.1 Å². The van der Waals surface area contributed by atoms with Crippen LogP contribution in [0.15, 0.2) is 48.5 Å². The zero-order valence-electron chi connectivity index (χ0n) is 16.2. The predicted molar refractivity (Wildman–Crippen MR) is 105 cm³/mol. The standard InChI is InChI=1S/C22H24N2O4/c1-23(15-13-16-9-11-17(28-2)12-10-16)20(25)8-5-14-24-21(26)18-6-3-4-7-19(18)22(24)27/h3-4,6-7,9-12H,5,8,13-15H2,1-2H3. The molecule has 1 aliphatic heterocycles. The fraction of sp³-hybridized carbons (Fsp3) is 0.318. The van der Waals surface area contributed by atoms with Crippen LogP contribution in [0.3, 0.4) is 0 Å². The molecule has 0 saturated heterocycles. The summed E-state index contributed by atoms with van der Waals surface area (Å²) in [6, 6.07) is 14.6. The molecule has 6 nitrogen and oxygen atoms in total. The summed E-state index contributed by atoms with van der Waals surface area (Å²) in [7, 11) is 3.40. The second kappa shape index (κ2) is 8.69. The molecule has 0 N–H and O–H groups in total. The van der Waals surface area contributed by atoms with E-state index in [1.807, 2.05) is 24.3 Å². The molecule has 0 fully saturated rings. The largest absolute Gasteiger partial charge is 0.497 e. The first-order valence-electron chi connectivity index (χ1n) is 9.33. The van der Waals surface area contributed by atoms with Crippen molar-refractivity contribution in [2.24, 2.45) is 0 Å². The third kappa shape index (κ3) is 4.22. The molecular weight excluding hydrogens is 356 g/mol. The highest BCUT2D eigenvalue weighted by Gasteiger charge is 2.34. The Morgan fingerprint density at radius 1 is 1.00 bits per heavy atom. The number of hydrogen-bond acceptors (Lipinski definition) is 4. The van der Waals surface area contributed by atoms with Crippen molar-refractivity contribution in [1.29, 1.82) is 0 Å². The smallest absolute Gasteiger partial charge is 0.261 e. The molecule has 0 unspecified atom stereocenters. The van der Waals surface area contributed by atoms with E-state index in [0.29, 0.717) is 30.5 Å². The van der Waals surface area contributed by atoms with Crippen molar-refractivity contribution in [2.45, 2.75) is 19.3 Å². The minimum Gasteiger partial charge on any atom is -0.497 e. The molecule has 1 heterocycles. The lowest BCUT2D eigenvalue weighted by molar-refractivity contribution is -0.130. The van der Waals surface area contributed by atoms with Gasteiger partial charge in [-0.2, -0.15) is 0 Å². The highest BCUT2D eigenvalue weighted by atomic mass is 16.5. The third-order valence-corrected chi connectivity index (χ3v) is 4.97. The molecular formula is C22H24N2O4. The number of likely N-dealkylation sites (N-methyl/N-ethyl adjacent to an activating group) is 1. The van der Waals surface area contributed by atoms with Gasteiger partial charge in [-0.15, -0.1) is 0 Å². The quantitative estimate of drug-likeness (QED) is 0.661. The number of amides is 3. The van der Waals surface area contributed by atoms with E-state index in [4.69, 9.17) is 4.74 Å². The van der Waals surface area contributed by atoms with Gasteiger partial charge >= 0.3 is 0 Å². The number of imide groups is 1. The summed E-state index contributed by atoms with van der Waals surface area (Å²) in [5.41, 5.74) is 2.01. The first-order chi connectivity index (χ1) is 13.5. The molecule has 0 atom stereocenters. The van der Waals surface area contributed by atoms with Crippen LogP contribution in [0.2, 0.25) is 0 Å². The maximum atomic E-state index is 12.3.